The van der Waals surface area contributed by atoms with Crippen molar-refractivity contribution in [2.75, 3.05) is 4.90 Å². The Morgan fingerprint density at radius 1 is 0.933 bits per heavy atom. The minimum atomic E-state index is -1.18. The van der Waals surface area contributed by atoms with Gasteiger partial charge in [0.05, 0.1) is 11.3 Å². The van der Waals surface area contributed by atoms with Crippen LogP contribution in [-0.4, -0.2) is 22.9 Å². The smallest absolute Gasteiger partial charge is 0.335 e. The first-order chi connectivity index (χ1) is 14.5. The van der Waals surface area contributed by atoms with Gasteiger partial charge < -0.3 is 10.0 Å². The number of nitrogens with zero attached hydrogens (tertiary/aromatic N) is 1. The normalized spacial score (nSPS) is 15.7. The number of anilines is 2. The highest BCUT2D eigenvalue weighted by Gasteiger charge is 2.28. The summed E-state index contributed by atoms with van der Waals surface area (Å²) in [5.41, 5.74) is 2.77. The highest BCUT2D eigenvalue weighted by Crippen LogP contribution is 2.40. The Morgan fingerprint density at radius 2 is 1.63 bits per heavy atom. The molecule has 30 heavy (non-hydrogen) atoms. The number of hydrogen-bond donors (Lipinski definition) is 1. The zero-order valence-electron chi connectivity index (χ0n) is 16.4. The molecule has 1 aliphatic heterocycles. The number of carbonyl (C=O) groups is 2. The summed E-state index contributed by atoms with van der Waals surface area (Å²) in [7, 11) is 0. The lowest BCUT2D eigenvalue weighted by Crippen LogP contribution is -2.28. The van der Waals surface area contributed by atoms with Gasteiger partial charge in [-0.25, -0.2) is 9.18 Å². The third-order valence-electron chi connectivity index (χ3n) is 5.29. The summed E-state index contributed by atoms with van der Waals surface area (Å²) in [4.78, 5) is 26.2. The van der Waals surface area contributed by atoms with Crippen LogP contribution < -0.4 is 4.90 Å². The van der Waals surface area contributed by atoms with E-state index in [0.717, 1.165) is 11.6 Å². The maximum absolute atomic E-state index is 14.9. The molecule has 4 rings (SSSR count). The standard InChI is InChI=1S/C25H20FNO3/c1-16-11-13-20(24(28)17-7-3-2-4-8-17)19-9-5-6-10-22(19)27(16)23-14-12-18(25(29)30)15-21(23)26/h2-10,12-16H,11H2,1H3,(H,29,30). The Morgan fingerprint density at radius 3 is 2.33 bits per heavy atom. The molecule has 0 bridgehead atoms. The van der Waals surface area contributed by atoms with Gasteiger partial charge in [-0.05, 0) is 37.6 Å². The van der Waals surface area contributed by atoms with Gasteiger partial charge in [-0.15, -0.1) is 0 Å². The molecule has 0 spiro atoms. The van der Waals surface area contributed by atoms with Crippen LogP contribution in [0, 0.1) is 5.82 Å². The lowest BCUT2D eigenvalue weighted by Gasteiger charge is -2.31. The van der Waals surface area contributed by atoms with Crippen LogP contribution >= 0.6 is 0 Å². The van der Waals surface area contributed by atoms with Crippen LogP contribution in [0.4, 0.5) is 15.8 Å². The van der Waals surface area contributed by atoms with E-state index in [1.165, 1.54) is 12.1 Å². The monoisotopic (exact) mass is 401 g/mol. The molecule has 0 fully saturated rings. The number of hydrogen-bond acceptors (Lipinski definition) is 3. The number of rotatable bonds is 4. The van der Waals surface area contributed by atoms with Gasteiger partial charge in [0.15, 0.2) is 5.78 Å². The first-order valence-electron chi connectivity index (χ1n) is 9.68. The number of aromatic carboxylic acids is 1. The molecule has 150 valence electrons. The lowest BCUT2D eigenvalue weighted by atomic mass is 9.95. The van der Waals surface area contributed by atoms with E-state index in [0.29, 0.717) is 23.2 Å². The van der Waals surface area contributed by atoms with Gasteiger partial charge in [-0.3, -0.25) is 4.79 Å². The summed E-state index contributed by atoms with van der Waals surface area (Å²) in [5.74, 6) is -1.88. The molecule has 1 atom stereocenters. The number of carboxylic acid groups (broad SMARTS) is 1. The van der Waals surface area contributed by atoms with E-state index in [9.17, 15) is 14.0 Å². The average Bonchev–Trinajstić information content (AvgIpc) is 2.90. The summed E-state index contributed by atoms with van der Waals surface area (Å²) in [5, 5.41) is 9.14. The molecule has 0 saturated heterocycles. The second-order valence-corrected chi connectivity index (χ2v) is 7.26. The minimum absolute atomic E-state index is 0.0844. The molecule has 5 heteroatoms. The van der Waals surface area contributed by atoms with Crippen LogP contribution in [0.25, 0.3) is 5.57 Å². The zero-order chi connectivity index (χ0) is 21.3. The van der Waals surface area contributed by atoms with E-state index in [2.05, 4.69) is 0 Å². The first kappa shape index (κ1) is 19.6. The molecule has 1 N–H and O–H groups in total. The summed E-state index contributed by atoms with van der Waals surface area (Å²) in [6, 6.07) is 20.2. The molecule has 3 aromatic rings. The van der Waals surface area contributed by atoms with Crippen molar-refractivity contribution >= 4 is 28.7 Å². The number of para-hydroxylation sites is 1. The number of Topliss-reactive ketones (excluding diaryl/α,β-unsaturated/α-hetero) is 1. The Hall–Kier alpha value is -3.73. The van der Waals surface area contributed by atoms with E-state index in [1.807, 2.05) is 60.4 Å². The van der Waals surface area contributed by atoms with E-state index in [-0.39, 0.29) is 23.1 Å². The van der Waals surface area contributed by atoms with E-state index < -0.39 is 11.8 Å². The largest absolute Gasteiger partial charge is 0.478 e. The van der Waals surface area contributed by atoms with Crippen molar-refractivity contribution in [3.8, 4) is 0 Å². The van der Waals surface area contributed by atoms with Crippen LogP contribution in [0.15, 0.2) is 78.9 Å². The van der Waals surface area contributed by atoms with Crippen molar-refractivity contribution in [3.05, 3.63) is 101 Å². The minimum Gasteiger partial charge on any atom is -0.478 e. The SMILES string of the molecule is CC1CC=C(C(=O)c2ccccc2)c2ccccc2N1c1ccc(C(=O)O)cc1F. The van der Waals surface area contributed by atoms with Crippen LogP contribution in [0.1, 0.15) is 39.6 Å². The van der Waals surface area contributed by atoms with Gasteiger partial charge in [-0.2, -0.15) is 0 Å². The number of carbonyl (C=O) groups excluding carboxylic acids is 1. The quantitative estimate of drug-likeness (QED) is 0.568. The Kier molecular flexibility index (Phi) is 5.19. The number of allylic oxidation sites excluding steroid dienone is 1. The maximum atomic E-state index is 14.9. The summed E-state index contributed by atoms with van der Waals surface area (Å²) < 4.78 is 14.9. The topological polar surface area (TPSA) is 57.6 Å². The molecule has 1 aliphatic rings. The third kappa shape index (κ3) is 3.50. The van der Waals surface area contributed by atoms with Gasteiger partial charge in [0.1, 0.15) is 5.82 Å². The Bertz CT molecular complexity index is 1150. The van der Waals surface area contributed by atoms with Gasteiger partial charge in [0.25, 0.3) is 0 Å². The summed E-state index contributed by atoms with van der Waals surface area (Å²) >= 11 is 0. The molecule has 0 saturated carbocycles. The van der Waals surface area contributed by atoms with Crippen molar-refractivity contribution in [2.24, 2.45) is 0 Å². The molecule has 1 heterocycles. The molecule has 0 aromatic heterocycles. The molecular formula is C25H20FNO3. The molecule has 1 unspecified atom stereocenters. The van der Waals surface area contributed by atoms with Crippen molar-refractivity contribution < 1.29 is 19.1 Å². The number of fused-ring (bicyclic) bond motifs is 1. The second-order valence-electron chi connectivity index (χ2n) is 7.26. The fourth-order valence-corrected chi connectivity index (χ4v) is 3.82. The van der Waals surface area contributed by atoms with Gasteiger partial charge >= 0.3 is 5.97 Å². The predicted molar refractivity (Wildman–Crippen MR) is 115 cm³/mol. The van der Waals surface area contributed by atoms with Crippen molar-refractivity contribution in [1.29, 1.82) is 0 Å². The van der Waals surface area contributed by atoms with E-state index in [1.54, 1.807) is 12.1 Å². The van der Waals surface area contributed by atoms with Gasteiger partial charge in [0.2, 0.25) is 0 Å². The lowest BCUT2D eigenvalue weighted by molar-refractivity contribution is 0.0696. The van der Waals surface area contributed by atoms with Crippen LogP contribution in [0.2, 0.25) is 0 Å². The van der Waals surface area contributed by atoms with E-state index in [4.69, 9.17) is 5.11 Å². The van der Waals surface area contributed by atoms with Crippen LogP contribution in [-0.2, 0) is 0 Å². The predicted octanol–water partition coefficient (Wildman–Crippen LogP) is 5.72. The first-order valence-corrected chi connectivity index (χ1v) is 9.68. The zero-order valence-corrected chi connectivity index (χ0v) is 16.4. The Balaban J connectivity index is 1.83. The highest BCUT2D eigenvalue weighted by molar-refractivity contribution is 6.30. The number of ketones is 1. The van der Waals surface area contributed by atoms with Crippen LogP contribution in [0.3, 0.4) is 0 Å². The Labute approximate surface area is 173 Å². The molecular weight excluding hydrogens is 381 g/mol. The molecule has 0 aliphatic carbocycles. The summed E-state index contributed by atoms with van der Waals surface area (Å²) in [6.07, 6.45) is 2.44. The van der Waals surface area contributed by atoms with Crippen molar-refractivity contribution in [3.63, 3.8) is 0 Å². The number of halogens is 1. The molecule has 4 nitrogen and oxygen atoms in total. The number of carboxylic acids is 1. The molecule has 3 aromatic carbocycles. The van der Waals surface area contributed by atoms with Crippen molar-refractivity contribution in [1.82, 2.24) is 0 Å². The third-order valence-corrected chi connectivity index (χ3v) is 5.29. The molecule has 0 radical (unpaired) electrons. The summed E-state index contributed by atoms with van der Waals surface area (Å²) in [6.45, 7) is 1.95. The van der Waals surface area contributed by atoms with E-state index >= 15 is 0 Å². The fourth-order valence-electron chi connectivity index (χ4n) is 3.82. The van der Waals surface area contributed by atoms with Gasteiger partial charge in [0, 0.05) is 28.4 Å². The molecule has 0 amide bonds. The number of benzene rings is 3. The highest BCUT2D eigenvalue weighted by atomic mass is 19.1. The second kappa shape index (κ2) is 7.95. The maximum Gasteiger partial charge on any atom is 0.335 e. The van der Waals surface area contributed by atoms with Crippen molar-refractivity contribution in [2.45, 2.75) is 19.4 Å². The van der Waals surface area contributed by atoms with Crippen LogP contribution in [0.5, 0.6) is 0 Å². The fraction of sp³-hybridized carbons (Fsp3) is 0.120. The van der Waals surface area contributed by atoms with Gasteiger partial charge in [-0.1, -0.05) is 54.6 Å². The average molecular weight is 401 g/mol.